The SMILES string of the molecule is O=C1C(O)c2c(O)cc(O)cc2OC1c1cc(O)cc(O)c1. The molecule has 2 unspecified atom stereocenters. The number of carbonyl (C=O) groups excluding carboxylic acids is 1. The summed E-state index contributed by atoms with van der Waals surface area (Å²) in [5, 5.41) is 48.3. The van der Waals surface area contributed by atoms with E-state index in [1.54, 1.807) is 0 Å². The van der Waals surface area contributed by atoms with Gasteiger partial charge in [0.05, 0.1) is 5.56 Å². The molecule has 0 amide bonds. The molecular formula is C15H12O7. The van der Waals surface area contributed by atoms with Gasteiger partial charge in [-0.15, -0.1) is 0 Å². The molecule has 114 valence electrons. The van der Waals surface area contributed by atoms with Gasteiger partial charge in [-0.3, -0.25) is 4.79 Å². The highest BCUT2D eigenvalue weighted by Crippen LogP contribution is 2.45. The van der Waals surface area contributed by atoms with E-state index < -0.39 is 23.7 Å². The number of carbonyl (C=O) groups is 1. The Morgan fingerprint density at radius 1 is 0.864 bits per heavy atom. The van der Waals surface area contributed by atoms with Crippen molar-refractivity contribution in [1.29, 1.82) is 0 Å². The molecule has 0 bridgehead atoms. The van der Waals surface area contributed by atoms with Gasteiger partial charge in [-0.25, -0.2) is 0 Å². The zero-order chi connectivity index (χ0) is 16.0. The summed E-state index contributed by atoms with van der Waals surface area (Å²) in [4.78, 5) is 12.2. The Labute approximate surface area is 124 Å². The van der Waals surface area contributed by atoms with E-state index in [1.807, 2.05) is 0 Å². The van der Waals surface area contributed by atoms with E-state index in [0.29, 0.717) is 0 Å². The Kier molecular flexibility index (Phi) is 3.07. The molecule has 1 heterocycles. The number of rotatable bonds is 1. The molecule has 0 radical (unpaired) electrons. The van der Waals surface area contributed by atoms with Gasteiger partial charge in [-0.2, -0.15) is 0 Å². The third-order valence-electron chi connectivity index (χ3n) is 3.38. The zero-order valence-corrected chi connectivity index (χ0v) is 11.1. The van der Waals surface area contributed by atoms with Crippen LogP contribution in [-0.2, 0) is 4.79 Å². The second-order valence-electron chi connectivity index (χ2n) is 4.96. The second-order valence-corrected chi connectivity index (χ2v) is 4.96. The van der Waals surface area contributed by atoms with Crippen LogP contribution in [0.3, 0.4) is 0 Å². The smallest absolute Gasteiger partial charge is 0.211 e. The van der Waals surface area contributed by atoms with Crippen LogP contribution in [0.1, 0.15) is 23.3 Å². The quantitative estimate of drug-likeness (QED) is 0.536. The molecule has 2 atom stereocenters. The molecule has 3 rings (SSSR count). The number of fused-ring (bicyclic) bond motifs is 1. The first kappa shape index (κ1) is 14.0. The van der Waals surface area contributed by atoms with E-state index in [1.165, 1.54) is 12.1 Å². The van der Waals surface area contributed by atoms with Crippen LogP contribution in [0.4, 0.5) is 0 Å². The molecule has 2 aromatic carbocycles. The first-order chi connectivity index (χ1) is 10.4. The standard InChI is InChI=1S/C15H12O7/c16-7-1-6(2-8(17)3-7)15-14(21)13(20)12-10(19)4-9(18)5-11(12)22-15/h1-5,13,15-20H. The maximum absolute atomic E-state index is 12.2. The molecule has 0 aromatic heterocycles. The van der Waals surface area contributed by atoms with E-state index >= 15 is 0 Å². The molecule has 5 N–H and O–H groups in total. The van der Waals surface area contributed by atoms with Crippen molar-refractivity contribution in [1.82, 2.24) is 0 Å². The van der Waals surface area contributed by atoms with Gasteiger partial charge in [0.25, 0.3) is 0 Å². The van der Waals surface area contributed by atoms with E-state index in [9.17, 15) is 30.3 Å². The molecule has 0 fully saturated rings. The van der Waals surface area contributed by atoms with Gasteiger partial charge in [0.15, 0.2) is 6.10 Å². The predicted octanol–water partition coefficient (Wildman–Crippen LogP) is 1.25. The van der Waals surface area contributed by atoms with Crippen molar-refractivity contribution in [3.05, 3.63) is 41.5 Å². The first-order valence-corrected chi connectivity index (χ1v) is 6.34. The summed E-state index contributed by atoms with van der Waals surface area (Å²) in [5.41, 5.74) is -0.00143. The Bertz CT molecular complexity index is 748. The number of ether oxygens (including phenoxy) is 1. The van der Waals surface area contributed by atoms with Crippen molar-refractivity contribution in [2.75, 3.05) is 0 Å². The fourth-order valence-corrected chi connectivity index (χ4v) is 2.44. The van der Waals surface area contributed by atoms with Crippen LogP contribution >= 0.6 is 0 Å². The summed E-state index contributed by atoms with van der Waals surface area (Å²) >= 11 is 0. The monoisotopic (exact) mass is 304 g/mol. The molecule has 0 saturated heterocycles. The van der Waals surface area contributed by atoms with E-state index in [4.69, 9.17) is 4.74 Å². The van der Waals surface area contributed by atoms with Gasteiger partial charge in [-0.05, 0) is 12.1 Å². The number of phenolic OH excluding ortho intramolecular Hbond substituents is 4. The highest BCUT2D eigenvalue weighted by Gasteiger charge is 2.39. The summed E-state index contributed by atoms with van der Waals surface area (Å²) < 4.78 is 5.42. The van der Waals surface area contributed by atoms with Crippen molar-refractivity contribution in [2.24, 2.45) is 0 Å². The van der Waals surface area contributed by atoms with Crippen LogP contribution in [0.25, 0.3) is 0 Å². The summed E-state index contributed by atoms with van der Waals surface area (Å²) in [6.07, 6.45) is -2.94. The highest BCUT2D eigenvalue weighted by molar-refractivity contribution is 5.92. The lowest BCUT2D eigenvalue weighted by atomic mass is 9.92. The van der Waals surface area contributed by atoms with Crippen LogP contribution in [0.2, 0.25) is 0 Å². The topological polar surface area (TPSA) is 127 Å². The van der Waals surface area contributed by atoms with Crippen LogP contribution in [0.5, 0.6) is 28.7 Å². The van der Waals surface area contributed by atoms with Gasteiger partial charge < -0.3 is 30.3 Å². The van der Waals surface area contributed by atoms with Crippen LogP contribution in [-0.4, -0.2) is 31.3 Å². The molecule has 0 saturated carbocycles. The Morgan fingerprint density at radius 2 is 1.45 bits per heavy atom. The van der Waals surface area contributed by atoms with Crippen molar-refractivity contribution in [3.8, 4) is 28.7 Å². The number of hydrogen-bond donors (Lipinski definition) is 5. The lowest BCUT2D eigenvalue weighted by Gasteiger charge is -2.29. The van der Waals surface area contributed by atoms with E-state index in [0.717, 1.165) is 18.2 Å². The van der Waals surface area contributed by atoms with Crippen molar-refractivity contribution in [2.45, 2.75) is 12.2 Å². The van der Waals surface area contributed by atoms with Crippen molar-refractivity contribution in [3.63, 3.8) is 0 Å². The van der Waals surface area contributed by atoms with Gasteiger partial charge >= 0.3 is 0 Å². The minimum atomic E-state index is -1.65. The maximum atomic E-state index is 12.2. The average molecular weight is 304 g/mol. The van der Waals surface area contributed by atoms with Crippen LogP contribution < -0.4 is 4.74 Å². The van der Waals surface area contributed by atoms with E-state index in [2.05, 4.69) is 0 Å². The highest BCUT2D eigenvalue weighted by atomic mass is 16.5. The fraction of sp³-hybridized carbons (Fsp3) is 0.133. The normalized spacial score (nSPS) is 20.3. The van der Waals surface area contributed by atoms with Gasteiger partial charge in [0.2, 0.25) is 5.78 Å². The summed E-state index contributed by atoms with van der Waals surface area (Å²) in [6.45, 7) is 0. The number of Topliss-reactive ketones (excluding diaryl/α,β-unsaturated/α-hetero) is 1. The zero-order valence-electron chi connectivity index (χ0n) is 11.1. The lowest BCUT2D eigenvalue weighted by molar-refractivity contribution is -0.137. The Balaban J connectivity index is 2.10. The summed E-state index contributed by atoms with van der Waals surface area (Å²) in [7, 11) is 0. The molecular weight excluding hydrogens is 292 g/mol. The Morgan fingerprint density at radius 3 is 2.09 bits per heavy atom. The molecule has 1 aliphatic rings. The minimum Gasteiger partial charge on any atom is -0.508 e. The molecule has 7 heteroatoms. The largest absolute Gasteiger partial charge is 0.508 e. The van der Waals surface area contributed by atoms with Crippen LogP contribution in [0, 0.1) is 0 Å². The van der Waals surface area contributed by atoms with Crippen molar-refractivity contribution >= 4 is 5.78 Å². The second kappa shape index (κ2) is 4.81. The molecule has 7 nitrogen and oxygen atoms in total. The molecule has 22 heavy (non-hydrogen) atoms. The van der Waals surface area contributed by atoms with Gasteiger partial charge in [0, 0.05) is 23.8 Å². The van der Waals surface area contributed by atoms with Crippen molar-refractivity contribution < 1.29 is 35.1 Å². The predicted molar refractivity (Wildman–Crippen MR) is 72.9 cm³/mol. The number of aliphatic hydroxyl groups excluding tert-OH is 1. The number of aromatic hydroxyl groups is 4. The third-order valence-corrected chi connectivity index (χ3v) is 3.38. The summed E-state index contributed by atoms with van der Waals surface area (Å²) in [6, 6.07) is 5.64. The molecule has 2 aromatic rings. The molecule has 0 spiro atoms. The van der Waals surface area contributed by atoms with Gasteiger partial charge in [-0.1, -0.05) is 0 Å². The van der Waals surface area contributed by atoms with Gasteiger partial charge in [0.1, 0.15) is 34.9 Å². The summed E-state index contributed by atoms with van der Waals surface area (Å²) in [5.74, 6) is -2.13. The number of phenols is 4. The average Bonchev–Trinajstić information content (AvgIpc) is 2.40. The minimum absolute atomic E-state index is 0.0579. The fourth-order valence-electron chi connectivity index (χ4n) is 2.44. The molecule has 1 aliphatic heterocycles. The Hall–Kier alpha value is -2.93. The third kappa shape index (κ3) is 2.17. The van der Waals surface area contributed by atoms with Crippen LogP contribution in [0.15, 0.2) is 30.3 Å². The first-order valence-electron chi connectivity index (χ1n) is 6.34. The number of ketones is 1. The number of aliphatic hydroxyl groups is 1. The molecule has 0 aliphatic carbocycles. The van der Waals surface area contributed by atoms with E-state index in [-0.39, 0.29) is 34.1 Å². The lowest BCUT2D eigenvalue weighted by Crippen LogP contribution is -2.30. The number of hydrogen-bond acceptors (Lipinski definition) is 7. The number of benzene rings is 2. The maximum Gasteiger partial charge on any atom is 0.211 e.